The molecular formula is C32H50O7. The van der Waals surface area contributed by atoms with Crippen LogP contribution in [0.15, 0.2) is 0 Å². The van der Waals surface area contributed by atoms with Gasteiger partial charge in [-0.1, -0.05) is 20.8 Å². The van der Waals surface area contributed by atoms with Crippen LogP contribution in [0.5, 0.6) is 0 Å². The molecule has 0 amide bonds. The molecule has 0 spiro atoms. The number of rotatable bonds is 11. The molecule has 0 radical (unpaired) electrons. The standard InChI is InChI=1S/C32H50O7/c1-20(17-28(34)35)18-30(37)38-16-6-5-7-29(36)39-23-12-14-31(3)22(19-23)8-9-24-26-11-10-25(21(2)33)32(26,4)15-13-27(24)31/h20,22-27H,5-19H2,1-4H3,(H,34,35)/t20?,22-,23+,24-,25+,26-,27-,31-,32+/m0/s1. The summed E-state index contributed by atoms with van der Waals surface area (Å²) < 4.78 is 11.1. The molecule has 4 rings (SSSR count). The zero-order valence-electron chi connectivity index (χ0n) is 24.5. The molecule has 220 valence electrons. The number of fused-ring (bicyclic) bond motifs is 5. The van der Waals surface area contributed by atoms with Crippen LogP contribution < -0.4 is 0 Å². The molecule has 0 saturated heterocycles. The maximum absolute atomic E-state index is 12.6. The van der Waals surface area contributed by atoms with Gasteiger partial charge in [-0.2, -0.15) is 0 Å². The van der Waals surface area contributed by atoms with Crippen LogP contribution in [-0.4, -0.2) is 41.5 Å². The molecule has 4 saturated carbocycles. The number of carbonyl (C=O) groups excluding carboxylic acids is 3. The molecule has 0 aliphatic heterocycles. The van der Waals surface area contributed by atoms with Crippen molar-refractivity contribution in [2.45, 2.75) is 124 Å². The Balaban J connectivity index is 1.18. The number of Topliss-reactive ketones (excluding diaryl/α,β-unsaturated/α-hetero) is 1. The highest BCUT2D eigenvalue weighted by atomic mass is 16.5. The number of hydrogen-bond acceptors (Lipinski definition) is 6. The van der Waals surface area contributed by atoms with Crippen LogP contribution in [0.3, 0.4) is 0 Å². The fourth-order valence-corrected chi connectivity index (χ4v) is 9.51. The number of hydrogen-bond donors (Lipinski definition) is 1. The van der Waals surface area contributed by atoms with E-state index in [9.17, 15) is 19.2 Å². The summed E-state index contributed by atoms with van der Waals surface area (Å²) in [6.45, 7) is 8.68. The zero-order chi connectivity index (χ0) is 28.4. The molecule has 4 fully saturated rings. The third-order valence-electron chi connectivity index (χ3n) is 11.5. The Labute approximate surface area is 234 Å². The number of unbranched alkanes of at least 4 members (excludes halogenated alkanes) is 1. The largest absolute Gasteiger partial charge is 0.481 e. The van der Waals surface area contributed by atoms with Gasteiger partial charge in [-0.05, 0) is 118 Å². The van der Waals surface area contributed by atoms with Gasteiger partial charge in [0.1, 0.15) is 11.9 Å². The predicted molar refractivity (Wildman–Crippen MR) is 147 cm³/mol. The summed E-state index contributed by atoms with van der Waals surface area (Å²) in [7, 11) is 0. The summed E-state index contributed by atoms with van der Waals surface area (Å²) in [4.78, 5) is 47.5. The smallest absolute Gasteiger partial charge is 0.306 e. The highest BCUT2D eigenvalue weighted by Gasteiger charge is 2.60. The lowest BCUT2D eigenvalue weighted by atomic mass is 9.44. The second-order valence-corrected chi connectivity index (χ2v) is 13.9. The number of esters is 2. The van der Waals surface area contributed by atoms with Crippen LogP contribution in [0.1, 0.15) is 118 Å². The molecule has 0 aromatic carbocycles. The SMILES string of the molecule is CC(=O)[C@H]1CC[C@H]2[C@@H]3CC[C@H]4C[C@H](OC(=O)CCCCOC(=O)CC(C)CC(=O)O)CC[C@]4(C)[C@H]3CC[C@]12C. The van der Waals surface area contributed by atoms with Gasteiger partial charge in [0.2, 0.25) is 0 Å². The molecular weight excluding hydrogens is 496 g/mol. The fourth-order valence-electron chi connectivity index (χ4n) is 9.51. The lowest BCUT2D eigenvalue weighted by molar-refractivity contribution is -0.163. The molecule has 7 nitrogen and oxygen atoms in total. The molecule has 4 aliphatic carbocycles. The monoisotopic (exact) mass is 546 g/mol. The molecule has 39 heavy (non-hydrogen) atoms. The average Bonchev–Trinajstić information content (AvgIpc) is 3.21. The van der Waals surface area contributed by atoms with Crippen molar-refractivity contribution in [3.8, 4) is 0 Å². The van der Waals surface area contributed by atoms with Crippen LogP contribution in [0.2, 0.25) is 0 Å². The normalized spacial score (nSPS) is 38.1. The van der Waals surface area contributed by atoms with E-state index in [0.717, 1.165) is 37.5 Å². The zero-order valence-corrected chi connectivity index (χ0v) is 24.5. The summed E-state index contributed by atoms with van der Waals surface area (Å²) in [6.07, 6.45) is 11.8. The van der Waals surface area contributed by atoms with E-state index in [1.807, 2.05) is 0 Å². The summed E-state index contributed by atoms with van der Waals surface area (Å²) in [6, 6.07) is 0. The van der Waals surface area contributed by atoms with E-state index in [0.29, 0.717) is 42.3 Å². The summed E-state index contributed by atoms with van der Waals surface area (Å²) in [5, 5.41) is 8.78. The van der Waals surface area contributed by atoms with Crippen LogP contribution in [-0.2, 0) is 28.7 Å². The van der Waals surface area contributed by atoms with Gasteiger partial charge >= 0.3 is 17.9 Å². The Kier molecular flexibility index (Phi) is 9.48. The quantitative estimate of drug-likeness (QED) is 0.237. The first-order valence-electron chi connectivity index (χ1n) is 15.5. The second kappa shape index (κ2) is 12.3. The van der Waals surface area contributed by atoms with E-state index < -0.39 is 5.97 Å². The second-order valence-electron chi connectivity index (χ2n) is 13.9. The third kappa shape index (κ3) is 6.53. The molecule has 0 aromatic rings. The number of ether oxygens (including phenoxy) is 2. The fraction of sp³-hybridized carbons (Fsp3) is 0.875. The number of ketones is 1. The van der Waals surface area contributed by atoms with Crippen LogP contribution in [0.4, 0.5) is 0 Å². The number of carbonyl (C=O) groups is 4. The first kappa shape index (κ1) is 30.0. The minimum atomic E-state index is -0.918. The average molecular weight is 547 g/mol. The topological polar surface area (TPSA) is 107 Å². The van der Waals surface area contributed by atoms with Crippen molar-refractivity contribution in [1.29, 1.82) is 0 Å². The highest BCUT2D eigenvalue weighted by molar-refractivity contribution is 5.79. The van der Waals surface area contributed by atoms with E-state index in [4.69, 9.17) is 14.6 Å². The van der Waals surface area contributed by atoms with Gasteiger partial charge in [-0.25, -0.2) is 0 Å². The highest BCUT2D eigenvalue weighted by Crippen LogP contribution is 2.67. The van der Waals surface area contributed by atoms with Crippen molar-refractivity contribution >= 4 is 23.7 Å². The van der Waals surface area contributed by atoms with E-state index >= 15 is 0 Å². The van der Waals surface area contributed by atoms with Crippen molar-refractivity contribution in [2.75, 3.05) is 6.61 Å². The summed E-state index contributed by atoms with van der Waals surface area (Å²) >= 11 is 0. The van der Waals surface area contributed by atoms with Gasteiger partial charge in [0.25, 0.3) is 0 Å². The molecule has 0 heterocycles. The molecule has 4 aliphatic rings. The summed E-state index contributed by atoms with van der Waals surface area (Å²) in [5.41, 5.74) is 0.507. The number of aliphatic carboxylic acids is 1. The van der Waals surface area contributed by atoms with Crippen molar-refractivity contribution < 1.29 is 33.8 Å². The van der Waals surface area contributed by atoms with Gasteiger partial charge < -0.3 is 14.6 Å². The maximum atomic E-state index is 12.6. The van der Waals surface area contributed by atoms with Crippen molar-refractivity contribution in [1.82, 2.24) is 0 Å². The van der Waals surface area contributed by atoms with Crippen LogP contribution in [0.25, 0.3) is 0 Å². The molecule has 1 unspecified atom stereocenters. The van der Waals surface area contributed by atoms with Gasteiger partial charge in [0, 0.05) is 25.2 Å². The Morgan fingerprint density at radius 1 is 0.872 bits per heavy atom. The Bertz CT molecular complexity index is 929. The lowest BCUT2D eigenvalue weighted by Crippen LogP contribution is -2.54. The van der Waals surface area contributed by atoms with E-state index in [1.165, 1.54) is 32.1 Å². The molecule has 1 N–H and O–H groups in total. The van der Waals surface area contributed by atoms with Crippen molar-refractivity contribution in [2.24, 2.45) is 46.3 Å². The molecule has 0 aromatic heterocycles. The minimum absolute atomic E-state index is 0.00288. The van der Waals surface area contributed by atoms with Crippen molar-refractivity contribution in [3.05, 3.63) is 0 Å². The van der Waals surface area contributed by atoms with Gasteiger partial charge in [-0.3, -0.25) is 19.2 Å². The Morgan fingerprint density at radius 3 is 2.31 bits per heavy atom. The van der Waals surface area contributed by atoms with Gasteiger partial charge in [0.15, 0.2) is 0 Å². The molecule has 7 heteroatoms. The molecule has 9 atom stereocenters. The number of carboxylic acids is 1. The first-order chi connectivity index (χ1) is 18.4. The minimum Gasteiger partial charge on any atom is -0.481 e. The lowest BCUT2D eigenvalue weighted by Gasteiger charge is -2.61. The van der Waals surface area contributed by atoms with E-state index in [2.05, 4.69) is 13.8 Å². The van der Waals surface area contributed by atoms with Crippen molar-refractivity contribution in [3.63, 3.8) is 0 Å². The predicted octanol–water partition coefficient (Wildman–Crippen LogP) is 6.36. The molecule has 0 bridgehead atoms. The Hall–Kier alpha value is -1.92. The summed E-state index contributed by atoms with van der Waals surface area (Å²) in [5.74, 6) is 1.68. The van der Waals surface area contributed by atoms with Crippen LogP contribution in [0, 0.1) is 46.3 Å². The van der Waals surface area contributed by atoms with E-state index in [-0.39, 0.29) is 54.7 Å². The van der Waals surface area contributed by atoms with Gasteiger partial charge in [0.05, 0.1) is 6.61 Å². The first-order valence-corrected chi connectivity index (χ1v) is 15.5. The Morgan fingerprint density at radius 2 is 1.59 bits per heavy atom. The maximum Gasteiger partial charge on any atom is 0.306 e. The third-order valence-corrected chi connectivity index (χ3v) is 11.5. The van der Waals surface area contributed by atoms with E-state index in [1.54, 1.807) is 13.8 Å². The van der Waals surface area contributed by atoms with Crippen LogP contribution >= 0.6 is 0 Å². The van der Waals surface area contributed by atoms with Gasteiger partial charge in [-0.15, -0.1) is 0 Å². The number of carboxylic acid groups (broad SMARTS) is 1.